The highest BCUT2D eigenvalue weighted by atomic mass is 32.2. The van der Waals surface area contributed by atoms with E-state index in [0.29, 0.717) is 27.4 Å². The van der Waals surface area contributed by atoms with Crippen LogP contribution in [-0.2, 0) is 10.0 Å². The number of nitrogens with zero attached hydrogens (tertiary/aromatic N) is 4. The highest BCUT2D eigenvalue weighted by molar-refractivity contribution is 7.99. The number of fused-ring (bicyclic) bond motifs is 1. The van der Waals surface area contributed by atoms with E-state index in [1.165, 1.54) is 17.8 Å². The second-order valence-corrected chi connectivity index (χ2v) is 8.62. The summed E-state index contributed by atoms with van der Waals surface area (Å²) in [5, 5.41) is 9.92. The molecule has 11 heteroatoms. The summed E-state index contributed by atoms with van der Waals surface area (Å²) in [6.45, 7) is 1.91. The second-order valence-electron chi connectivity index (χ2n) is 5.56. The lowest BCUT2D eigenvalue weighted by atomic mass is 10.2. The van der Waals surface area contributed by atoms with Gasteiger partial charge in [-0.25, -0.2) is 18.4 Å². The molecule has 0 aliphatic heterocycles. The van der Waals surface area contributed by atoms with Gasteiger partial charge < -0.3 is 10.7 Å². The van der Waals surface area contributed by atoms with E-state index in [2.05, 4.69) is 24.7 Å². The van der Waals surface area contributed by atoms with Gasteiger partial charge in [0.1, 0.15) is 17.6 Å². The monoisotopic (exact) mass is 389 g/mol. The van der Waals surface area contributed by atoms with Crippen molar-refractivity contribution < 1.29 is 8.42 Å². The molecule has 3 rings (SSSR count). The summed E-state index contributed by atoms with van der Waals surface area (Å²) in [5.41, 5.74) is 7.76. The number of nitrogen functional groups attached to an aromatic ring is 1. The van der Waals surface area contributed by atoms with E-state index < -0.39 is 10.0 Å². The first-order chi connectivity index (χ1) is 12.2. The molecule has 0 saturated heterocycles. The van der Waals surface area contributed by atoms with Crippen LogP contribution in [0.4, 0.5) is 11.5 Å². The van der Waals surface area contributed by atoms with Crippen LogP contribution in [0.1, 0.15) is 23.6 Å². The van der Waals surface area contributed by atoms with E-state index in [4.69, 9.17) is 11.0 Å². The fourth-order valence-corrected chi connectivity index (χ4v) is 3.76. The number of rotatable bonds is 5. The molecule has 0 spiro atoms. The van der Waals surface area contributed by atoms with Gasteiger partial charge in [-0.3, -0.25) is 9.71 Å². The number of H-pyrrole nitrogens is 1. The van der Waals surface area contributed by atoms with Crippen molar-refractivity contribution in [2.24, 2.45) is 0 Å². The van der Waals surface area contributed by atoms with E-state index in [1.54, 1.807) is 18.5 Å². The number of nitrogens with one attached hydrogen (secondary N) is 2. The van der Waals surface area contributed by atoms with Crippen molar-refractivity contribution in [1.29, 1.82) is 5.26 Å². The van der Waals surface area contributed by atoms with E-state index >= 15 is 0 Å². The maximum Gasteiger partial charge on any atom is 0.229 e. The fourth-order valence-electron chi connectivity index (χ4n) is 2.32. The summed E-state index contributed by atoms with van der Waals surface area (Å²) in [7, 11) is -3.39. The quantitative estimate of drug-likeness (QED) is 0.443. The molecule has 134 valence electrons. The number of aromatic amines is 1. The van der Waals surface area contributed by atoms with Crippen molar-refractivity contribution in [3.05, 3.63) is 35.9 Å². The number of sulfonamides is 1. The molecule has 0 saturated carbocycles. The summed E-state index contributed by atoms with van der Waals surface area (Å²) in [4.78, 5) is 15.6. The van der Waals surface area contributed by atoms with Crippen LogP contribution in [0.25, 0.3) is 10.9 Å². The number of anilines is 2. The van der Waals surface area contributed by atoms with E-state index in [-0.39, 0.29) is 16.8 Å². The van der Waals surface area contributed by atoms with Crippen LogP contribution >= 0.6 is 11.8 Å². The van der Waals surface area contributed by atoms with E-state index in [9.17, 15) is 8.42 Å². The lowest BCUT2D eigenvalue weighted by Crippen LogP contribution is -2.09. The molecule has 1 unspecified atom stereocenters. The number of pyridine rings is 1. The largest absolute Gasteiger partial charge is 0.384 e. The number of hydrogen-bond acceptors (Lipinski definition) is 8. The molecule has 0 amide bonds. The zero-order chi connectivity index (χ0) is 18.9. The van der Waals surface area contributed by atoms with Crippen LogP contribution in [0, 0.1) is 11.3 Å². The Morgan fingerprint density at radius 1 is 1.38 bits per heavy atom. The molecule has 4 N–H and O–H groups in total. The average molecular weight is 389 g/mol. The van der Waals surface area contributed by atoms with Gasteiger partial charge in [-0.2, -0.15) is 5.26 Å². The molecule has 0 aliphatic rings. The van der Waals surface area contributed by atoms with E-state index in [0.717, 1.165) is 6.26 Å². The Bertz CT molecular complexity index is 1120. The Hall–Kier alpha value is -2.84. The molecular weight excluding hydrogens is 374 g/mol. The van der Waals surface area contributed by atoms with Crippen molar-refractivity contribution in [2.75, 3.05) is 16.7 Å². The molecule has 0 fully saturated rings. The molecule has 0 aliphatic carbocycles. The molecule has 26 heavy (non-hydrogen) atoms. The standard InChI is InChI=1S/C15H15N7O2S2/c1-8(25-15-20-9(5-16)3-14(17)21-15)11-4-10-12(6-18-11)19-7-13(10)22-26(2,23)24/h3-4,6-8,19,22H,1-2H3,(H2,17,20,21). The fraction of sp³-hybridized carbons (Fsp3) is 0.200. The lowest BCUT2D eigenvalue weighted by Gasteiger charge is -2.10. The van der Waals surface area contributed by atoms with Crippen LogP contribution in [0.5, 0.6) is 0 Å². The minimum Gasteiger partial charge on any atom is -0.384 e. The number of thioether (sulfide) groups is 1. The smallest absolute Gasteiger partial charge is 0.229 e. The zero-order valence-corrected chi connectivity index (χ0v) is 15.5. The predicted octanol–water partition coefficient (Wildman–Crippen LogP) is 2.03. The van der Waals surface area contributed by atoms with Crippen LogP contribution in [0.3, 0.4) is 0 Å². The average Bonchev–Trinajstić information content (AvgIpc) is 2.94. The van der Waals surface area contributed by atoms with Gasteiger partial charge in [0, 0.05) is 17.6 Å². The van der Waals surface area contributed by atoms with Crippen molar-refractivity contribution in [1.82, 2.24) is 19.9 Å². The van der Waals surface area contributed by atoms with Gasteiger partial charge in [0.05, 0.1) is 34.6 Å². The first-order valence-corrected chi connectivity index (χ1v) is 10.2. The SMILES string of the molecule is CC(Sc1nc(N)cc(C#N)n1)c1cc2c(NS(C)(=O)=O)c[nH]c2cn1. The molecule has 0 aromatic carbocycles. The third kappa shape index (κ3) is 4.04. The van der Waals surface area contributed by atoms with Crippen LogP contribution in [0.15, 0.2) is 29.7 Å². The number of hydrogen-bond donors (Lipinski definition) is 3. The summed E-state index contributed by atoms with van der Waals surface area (Å²) in [6.07, 6.45) is 4.31. The Kier molecular flexibility index (Phi) is 4.71. The molecule has 3 heterocycles. The Balaban J connectivity index is 1.91. The van der Waals surface area contributed by atoms with Gasteiger partial charge in [-0.1, -0.05) is 11.8 Å². The minimum atomic E-state index is -3.39. The topological polar surface area (TPSA) is 150 Å². The molecule has 3 aromatic heterocycles. The lowest BCUT2D eigenvalue weighted by molar-refractivity contribution is 0.607. The predicted molar refractivity (Wildman–Crippen MR) is 100.0 cm³/mol. The highest BCUT2D eigenvalue weighted by Crippen LogP contribution is 2.34. The maximum atomic E-state index is 11.5. The number of nitrogens with two attached hydrogens (primary N) is 1. The Morgan fingerprint density at radius 2 is 2.15 bits per heavy atom. The summed E-state index contributed by atoms with van der Waals surface area (Å²) in [5.74, 6) is 0.222. The third-order valence-corrected chi connectivity index (χ3v) is 5.00. The van der Waals surface area contributed by atoms with Crippen LogP contribution < -0.4 is 10.5 Å². The third-order valence-electron chi connectivity index (χ3n) is 3.42. The normalized spacial score (nSPS) is 12.7. The van der Waals surface area contributed by atoms with Gasteiger partial charge >= 0.3 is 0 Å². The molecular formula is C15H15N7O2S2. The molecule has 0 bridgehead atoms. The van der Waals surface area contributed by atoms with Crippen molar-refractivity contribution in [3.63, 3.8) is 0 Å². The first-order valence-electron chi connectivity index (χ1n) is 7.41. The van der Waals surface area contributed by atoms with Gasteiger partial charge in [0.2, 0.25) is 10.0 Å². The molecule has 3 aromatic rings. The van der Waals surface area contributed by atoms with Gasteiger partial charge in [0.25, 0.3) is 0 Å². The first kappa shape index (κ1) is 18.0. The van der Waals surface area contributed by atoms with Crippen LogP contribution in [0.2, 0.25) is 0 Å². The number of aromatic nitrogens is 4. The Morgan fingerprint density at radius 3 is 2.85 bits per heavy atom. The molecule has 9 nitrogen and oxygen atoms in total. The minimum absolute atomic E-state index is 0.145. The summed E-state index contributed by atoms with van der Waals surface area (Å²) >= 11 is 1.31. The van der Waals surface area contributed by atoms with Gasteiger partial charge in [-0.05, 0) is 13.0 Å². The summed E-state index contributed by atoms with van der Waals surface area (Å²) < 4.78 is 25.5. The van der Waals surface area contributed by atoms with E-state index in [1.807, 2.05) is 13.0 Å². The molecule has 1 atom stereocenters. The summed E-state index contributed by atoms with van der Waals surface area (Å²) in [6, 6.07) is 5.15. The van der Waals surface area contributed by atoms with Crippen molar-refractivity contribution in [3.8, 4) is 6.07 Å². The van der Waals surface area contributed by atoms with Crippen molar-refractivity contribution >= 4 is 44.2 Å². The van der Waals surface area contributed by atoms with Crippen molar-refractivity contribution in [2.45, 2.75) is 17.3 Å². The maximum absolute atomic E-state index is 11.5. The van der Waals surface area contributed by atoms with Crippen LogP contribution in [-0.4, -0.2) is 34.6 Å². The zero-order valence-electron chi connectivity index (χ0n) is 13.9. The van der Waals surface area contributed by atoms with Gasteiger partial charge in [-0.15, -0.1) is 0 Å². The van der Waals surface area contributed by atoms with Gasteiger partial charge in [0.15, 0.2) is 5.16 Å². The Labute approximate surface area is 154 Å². The number of nitriles is 1. The second kappa shape index (κ2) is 6.81. The molecule has 0 radical (unpaired) electrons. The highest BCUT2D eigenvalue weighted by Gasteiger charge is 2.15.